The van der Waals surface area contributed by atoms with Crippen molar-refractivity contribution in [1.82, 2.24) is 15.0 Å². The number of anilines is 1. The summed E-state index contributed by atoms with van der Waals surface area (Å²) in [5.74, 6) is 0.479. The first-order valence-corrected chi connectivity index (χ1v) is 7.56. The molecule has 2 heterocycles. The SMILES string of the molecule is CN(C)c1ccc(-c2cc3nccnc3c(OC[Si])n2)cc1. The summed E-state index contributed by atoms with van der Waals surface area (Å²) < 4.78 is 5.53. The van der Waals surface area contributed by atoms with E-state index in [0.717, 1.165) is 22.5 Å². The minimum Gasteiger partial charge on any atom is -0.481 e. The van der Waals surface area contributed by atoms with Crippen LogP contribution in [0.25, 0.3) is 22.3 Å². The Morgan fingerprint density at radius 2 is 1.82 bits per heavy atom. The summed E-state index contributed by atoms with van der Waals surface area (Å²) in [7, 11) is 7.34. The van der Waals surface area contributed by atoms with Crippen molar-refractivity contribution in [3.05, 3.63) is 42.7 Å². The summed E-state index contributed by atoms with van der Waals surface area (Å²) in [4.78, 5) is 15.3. The molecular formula is C16H15N4OSi. The van der Waals surface area contributed by atoms with E-state index in [1.54, 1.807) is 12.4 Å². The van der Waals surface area contributed by atoms with Crippen molar-refractivity contribution in [2.75, 3.05) is 25.2 Å². The van der Waals surface area contributed by atoms with Crippen molar-refractivity contribution < 1.29 is 4.74 Å². The second kappa shape index (κ2) is 6.11. The molecule has 3 aromatic rings. The zero-order valence-electron chi connectivity index (χ0n) is 12.4. The molecule has 5 nitrogen and oxygen atoms in total. The van der Waals surface area contributed by atoms with Crippen LogP contribution in [-0.4, -0.2) is 45.5 Å². The molecule has 0 saturated heterocycles. The minimum atomic E-state index is 0.349. The van der Waals surface area contributed by atoms with Crippen molar-refractivity contribution >= 4 is 27.0 Å². The summed E-state index contributed by atoms with van der Waals surface area (Å²) in [5, 5.41) is 0. The molecule has 3 rings (SSSR count). The van der Waals surface area contributed by atoms with Crippen molar-refractivity contribution in [1.29, 1.82) is 0 Å². The molecular weight excluding hydrogens is 292 g/mol. The van der Waals surface area contributed by atoms with Crippen LogP contribution in [0.3, 0.4) is 0 Å². The third-order valence-corrected chi connectivity index (χ3v) is 3.46. The molecule has 22 heavy (non-hydrogen) atoms. The van der Waals surface area contributed by atoms with Gasteiger partial charge in [0.25, 0.3) is 0 Å². The lowest BCUT2D eigenvalue weighted by atomic mass is 10.1. The normalized spacial score (nSPS) is 10.7. The maximum atomic E-state index is 5.53. The van der Waals surface area contributed by atoms with Gasteiger partial charge in [-0.25, -0.2) is 9.97 Å². The molecule has 2 aromatic heterocycles. The summed E-state index contributed by atoms with van der Waals surface area (Å²) >= 11 is 0. The number of hydrogen-bond acceptors (Lipinski definition) is 5. The standard InChI is InChI=1S/C16H15N4OSi/c1-20(2)12-5-3-11(4-6-12)13-9-14-15(18-8-7-17-14)16(19-13)21-10-22/h3-9H,10H2,1-2H3. The van der Waals surface area contributed by atoms with E-state index in [-0.39, 0.29) is 0 Å². The van der Waals surface area contributed by atoms with Crippen molar-refractivity contribution in [3.8, 4) is 17.1 Å². The van der Waals surface area contributed by atoms with Gasteiger partial charge in [0.15, 0.2) is 5.52 Å². The smallest absolute Gasteiger partial charge is 0.242 e. The van der Waals surface area contributed by atoms with Crippen LogP contribution in [0.1, 0.15) is 0 Å². The number of fused-ring (bicyclic) bond motifs is 1. The van der Waals surface area contributed by atoms with Gasteiger partial charge in [0, 0.05) is 37.7 Å². The first kappa shape index (κ1) is 14.5. The van der Waals surface area contributed by atoms with E-state index in [1.807, 2.05) is 32.3 Å². The fourth-order valence-electron chi connectivity index (χ4n) is 2.19. The van der Waals surface area contributed by atoms with Crippen LogP contribution in [0.2, 0.25) is 0 Å². The first-order chi connectivity index (χ1) is 10.7. The molecule has 0 atom stereocenters. The number of ether oxygens (including phenoxy) is 1. The van der Waals surface area contributed by atoms with E-state index in [0.29, 0.717) is 17.6 Å². The lowest BCUT2D eigenvalue weighted by Crippen LogP contribution is -2.08. The van der Waals surface area contributed by atoms with Crippen LogP contribution < -0.4 is 9.64 Å². The number of pyridine rings is 1. The van der Waals surface area contributed by atoms with Gasteiger partial charge in [0.05, 0.1) is 27.7 Å². The highest BCUT2D eigenvalue weighted by molar-refractivity contribution is 6.08. The number of hydrogen-bond donors (Lipinski definition) is 0. The molecule has 0 bridgehead atoms. The van der Waals surface area contributed by atoms with Crippen LogP contribution >= 0.6 is 0 Å². The molecule has 0 unspecified atom stereocenters. The van der Waals surface area contributed by atoms with Gasteiger partial charge in [-0.1, -0.05) is 12.1 Å². The lowest BCUT2D eigenvalue weighted by molar-refractivity contribution is 0.376. The minimum absolute atomic E-state index is 0.349. The Balaban J connectivity index is 2.10. The molecule has 0 aliphatic carbocycles. The highest BCUT2D eigenvalue weighted by Crippen LogP contribution is 2.27. The number of nitrogens with zero attached hydrogens (tertiary/aromatic N) is 4. The van der Waals surface area contributed by atoms with Gasteiger partial charge in [-0.3, -0.25) is 4.98 Å². The second-order valence-electron chi connectivity index (χ2n) is 4.97. The predicted molar refractivity (Wildman–Crippen MR) is 88.3 cm³/mol. The largest absolute Gasteiger partial charge is 0.481 e. The summed E-state index contributed by atoms with van der Waals surface area (Å²) in [6.45, 7) is 0. The molecule has 0 amide bonds. The van der Waals surface area contributed by atoms with Gasteiger partial charge in [0.1, 0.15) is 0 Å². The van der Waals surface area contributed by atoms with Crippen LogP contribution in [0.15, 0.2) is 42.7 Å². The maximum absolute atomic E-state index is 5.53. The topological polar surface area (TPSA) is 51.1 Å². The van der Waals surface area contributed by atoms with Crippen molar-refractivity contribution in [2.45, 2.75) is 0 Å². The Kier molecular flexibility index (Phi) is 4.02. The summed E-state index contributed by atoms with van der Waals surface area (Å²) in [6.07, 6.45) is 3.65. The second-order valence-corrected chi connectivity index (χ2v) is 5.26. The van der Waals surface area contributed by atoms with E-state index in [2.05, 4.69) is 42.2 Å². The molecule has 0 spiro atoms. The molecule has 0 saturated carbocycles. The molecule has 3 radical (unpaired) electrons. The highest BCUT2D eigenvalue weighted by atomic mass is 28.1. The van der Waals surface area contributed by atoms with E-state index < -0.39 is 0 Å². The fourth-order valence-corrected chi connectivity index (χ4v) is 2.33. The van der Waals surface area contributed by atoms with Crippen molar-refractivity contribution in [3.63, 3.8) is 0 Å². The van der Waals surface area contributed by atoms with E-state index in [9.17, 15) is 0 Å². The molecule has 0 N–H and O–H groups in total. The van der Waals surface area contributed by atoms with Crippen LogP contribution in [0.5, 0.6) is 5.88 Å². The average molecular weight is 307 g/mol. The summed E-state index contributed by atoms with van der Waals surface area (Å²) in [6, 6.07) is 10.1. The molecule has 6 heteroatoms. The number of aromatic nitrogens is 3. The average Bonchev–Trinajstić information content (AvgIpc) is 2.55. The highest BCUT2D eigenvalue weighted by Gasteiger charge is 2.10. The lowest BCUT2D eigenvalue weighted by Gasteiger charge is -2.13. The number of rotatable bonds is 4. The van der Waals surface area contributed by atoms with Gasteiger partial charge in [-0.05, 0) is 18.2 Å². The third kappa shape index (κ3) is 2.78. The molecule has 0 aliphatic rings. The molecule has 109 valence electrons. The van der Waals surface area contributed by atoms with Crippen molar-refractivity contribution in [2.24, 2.45) is 0 Å². The van der Waals surface area contributed by atoms with Gasteiger partial charge in [0.2, 0.25) is 5.88 Å². The van der Waals surface area contributed by atoms with Gasteiger partial charge in [-0.15, -0.1) is 0 Å². The Morgan fingerprint density at radius 3 is 2.50 bits per heavy atom. The quantitative estimate of drug-likeness (QED) is 0.692. The zero-order chi connectivity index (χ0) is 15.5. The maximum Gasteiger partial charge on any atom is 0.242 e. The first-order valence-electron chi connectivity index (χ1n) is 6.86. The van der Waals surface area contributed by atoms with E-state index in [1.165, 1.54) is 0 Å². The Hall–Kier alpha value is -2.47. The molecule has 1 aromatic carbocycles. The number of benzene rings is 1. The Labute approximate surface area is 132 Å². The van der Waals surface area contributed by atoms with Gasteiger partial charge < -0.3 is 9.64 Å². The monoisotopic (exact) mass is 307 g/mol. The predicted octanol–water partition coefficient (Wildman–Crippen LogP) is 2.26. The Bertz CT molecular complexity index is 790. The fraction of sp³-hybridized carbons (Fsp3) is 0.188. The van der Waals surface area contributed by atoms with Crippen LogP contribution in [0, 0.1) is 0 Å². The Morgan fingerprint density at radius 1 is 1.09 bits per heavy atom. The molecule has 0 aliphatic heterocycles. The van der Waals surface area contributed by atoms with Crippen LogP contribution in [0.4, 0.5) is 5.69 Å². The third-order valence-electron chi connectivity index (χ3n) is 3.31. The van der Waals surface area contributed by atoms with Gasteiger partial charge in [-0.2, -0.15) is 0 Å². The van der Waals surface area contributed by atoms with Crippen LogP contribution in [-0.2, 0) is 0 Å². The zero-order valence-corrected chi connectivity index (χ0v) is 13.4. The van der Waals surface area contributed by atoms with E-state index in [4.69, 9.17) is 4.74 Å². The summed E-state index contributed by atoms with van der Waals surface area (Å²) in [5.41, 5.74) is 4.39. The van der Waals surface area contributed by atoms with Gasteiger partial charge >= 0.3 is 0 Å². The molecule has 0 fully saturated rings. The van der Waals surface area contributed by atoms with E-state index >= 15 is 0 Å².